The lowest BCUT2D eigenvalue weighted by molar-refractivity contribution is 0.0942. The summed E-state index contributed by atoms with van der Waals surface area (Å²) in [7, 11) is 0. The maximum Gasteiger partial charge on any atom is 0.265 e. The third-order valence-corrected chi connectivity index (χ3v) is 5.12. The van der Waals surface area contributed by atoms with Gasteiger partial charge in [0, 0.05) is 19.1 Å². The van der Waals surface area contributed by atoms with Crippen molar-refractivity contribution < 1.29 is 4.79 Å². The monoisotopic (exact) mass is 294 g/mol. The molecule has 2 heterocycles. The minimum absolute atomic E-state index is 0.0707. The number of amides is 1. The zero-order valence-corrected chi connectivity index (χ0v) is 12.7. The number of anilines is 2. The van der Waals surface area contributed by atoms with Gasteiger partial charge in [-0.1, -0.05) is 24.2 Å². The molecule has 1 unspecified atom stereocenters. The van der Waals surface area contributed by atoms with Crippen molar-refractivity contribution in [3.8, 4) is 0 Å². The summed E-state index contributed by atoms with van der Waals surface area (Å²) < 4.78 is 0. The number of nitrogens with two attached hydrogens (primary N) is 1. The van der Waals surface area contributed by atoms with Gasteiger partial charge in [-0.3, -0.25) is 4.79 Å². The molecular weight excluding hydrogens is 272 g/mol. The molecule has 110 valence electrons. The maximum absolute atomic E-state index is 12.3. The molecule has 1 aliphatic carbocycles. The first-order valence-corrected chi connectivity index (χ1v) is 8.27. The van der Waals surface area contributed by atoms with Crippen LogP contribution in [0.2, 0.25) is 0 Å². The van der Waals surface area contributed by atoms with Gasteiger partial charge < -0.3 is 16.0 Å². The normalized spacial score (nSPS) is 20.1. The first kappa shape index (κ1) is 13.7. The Morgan fingerprint density at radius 2 is 2.20 bits per heavy atom. The first-order valence-electron chi connectivity index (χ1n) is 7.45. The lowest BCUT2D eigenvalue weighted by atomic mass is 10.1. The van der Waals surface area contributed by atoms with Crippen LogP contribution in [0.15, 0.2) is 0 Å². The zero-order valence-electron chi connectivity index (χ0n) is 11.9. The molecule has 1 atom stereocenters. The SMILES string of the molecule is CC(CC1CC1)NC(=O)c1sc(N2CCCC2)nc1N. The highest BCUT2D eigenvalue weighted by atomic mass is 32.1. The molecule has 3 rings (SSSR count). The molecule has 1 aliphatic heterocycles. The highest BCUT2D eigenvalue weighted by molar-refractivity contribution is 7.18. The van der Waals surface area contributed by atoms with Gasteiger partial charge in [0.05, 0.1) is 0 Å². The van der Waals surface area contributed by atoms with Gasteiger partial charge in [-0.05, 0) is 32.1 Å². The minimum atomic E-state index is -0.0707. The molecule has 0 bridgehead atoms. The Balaban J connectivity index is 1.64. The Morgan fingerprint density at radius 3 is 2.85 bits per heavy atom. The average Bonchev–Trinajstić information content (AvgIpc) is 2.93. The number of aromatic nitrogens is 1. The van der Waals surface area contributed by atoms with Crippen LogP contribution in [-0.4, -0.2) is 30.0 Å². The van der Waals surface area contributed by atoms with Gasteiger partial charge in [-0.2, -0.15) is 0 Å². The summed E-state index contributed by atoms with van der Waals surface area (Å²) >= 11 is 1.42. The fourth-order valence-corrected chi connectivity index (χ4v) is 3.67. The molecule has 1 amide bonds. The third kappa shape index (κ3) is 3.06. The topological polar surface area (TPSA) is 71.2 Å². The predicted molar refractivity (Wildman–Crippen MR) is 82.2 cm³/mol. The zero-order chi connectivity index (χ0) is 14.1. The quantitative estimate of drug-likeness (QED) is 0.873. The van der Waals surface area contributed by atoms with Gasteiger partial charge in [0.15, 0.2) is 5.13 Å². The lowest BCUT2D eigenvalue weighted by Gasteiger charge is -2.13. The van der Waals surface area contributed by atoms with Crippen molar-refractivity contribution >= 4 is 28.2 Å². The van der Waals surface area contributed by atoms with E-state index in [1.165, 1.54) is 37.0 Å². The van der Waals surface area contributed by atoms with Crippen LogP contribution in [0.4, 0.5) is 10.9 Å². The third-order valence-electron chi connectivity index (χ3n) is 3.99. The van der Waals surface area contributed by atoms with Crippen LogP contribution in [0.3, 0.4) is 0 Å². The van der Waals surface area contributed by atoms with Crippen molar-refractivity contribution in [1.29, 1.82) is 0 Å². The number of hydrogen-bond acceptors (Lipinski definition) is 5. The van der Waals surface area contributed by atoms with Crippen molar-refractivity contribution in [2.75, 3.05) is 23.7 Å². The van der Waals surface area contributed by atoms with Crippen LogP contribution in [0, 0.1) is 5.92 Å². The molecule has 0 aromatic carbocycles. The van der Waals surface area contributed by atoms with E-state index in [0.29, 0.717) is 10.7 Å². The molecule has 3 N–H and O–H groups in total. The number of nitrogen functional groups attached to an aromatic ring is 1. The fraction of sp³-hybridized carbons (Fsp3) is 0.714. The maximum atomic E-state index is 12.3. The van der Waals surface area contributed by atoms with E-state index in [2.05, 4.69) is 22.1 Å². The Morgan fingerprint density at radius 1 is 1.50 bits per heavy atom. The first-order chi connectivity index (χ1) is 9.63. The number of nitrogens with zero attached hydrogens (tertiary/aromatic N) is 2. The number of carbonyl (C=O) groups excluding carboxylic acids is 1. The van der Waals surface area contributed by atoms with Gasteiger partial charge >= 0.3 is 0 Å². The van der Waals surface area contributed by atoms with Gasteiger partial charge in [-0.15, -0.1) is 0 Å². The molecular formula is C14H22N4OS. The van der Waals surface area contributed by atoms with Crippen molar-refractivity contribution in [2.45, 2.75) is 45.1 Å². The molecule has 0 radical (unpaired) electrons. The molecule has 0 spiro atoms. The minimum Gasteiger partial charge on any atom is -0.382 e. The molecule has 2 aliphatic rings. The van der Waals surface area contributed by atoms with Crippen LogP contribution in [0.25, 0.3) is 0 Å². The van der Waals surface area contributed by atoms with Crippen LogP contribution in [-0.2, 0) is 0 Å². The molecule has 1 aromatic rings. The van der Waals surface area contributed by atoms with E-state index in [1.54, 1.807) is 0 Å². The lowest BCUT2D eigenvalue weighted by Crippen LogP contribution is -2.32. The molecule has 6 heteroatoms. The van der Waals surface area contributed by atoms with Gasteiger partial charge in [-0.25, -0.2) is 4.98 Å². The highest BCUT2D eigenvalue weighted by Gasteiger charge is 2.26. The second kappa shape index (κ2) is 5.60. The number of nitrogens with one attached hydrogen (secondary N) is 1. The summed E-state index contributed by atoms with van der Waals surface area (Å²) in [5.74, 6) is 1.11. The molecule has 20 heavy (non-hydrogen) atoms. The Hall–Kier alpha value is -1.30. The molecule has 1 aromatic heterocycles. The van der Waals surface area contributed by atoms with Gasteiger partial charge in [0.1, 0.15) is 10.7 Å². The van der Waals surface area contributed by atoms with Crippen LogP contribution < -0.4 is 16.0 Å². The average molecular weight is 294 g/mol. The standard InChI is InChI=1S/C14H22N4OS/c1-9(8-10-4-5-10)16-13(19)11-12(15)17-14(20-11)18-6-2-3-7-18/h9-10H,2-8,15H2,1H3,(H,16,19). The summed E-state index contributed by atoms with van der Waals surface area (Å²) in [5.41, 5.74) is 5.91. The number of thiazole rings is 1. The van der Waals surface area contributed by atoms with Gasteiger partial charge in [0.2, 0.25) is 0 Å². The summed E-state index contributed by atoms with van der Waals surface area (Å²) in [5, 5.41) is 3.93. The Kier molecular flexibility index (Phi) is 3.83. The summed E-state index contributed by atoms with van der Waals surface area (Å²) in [6.45, 7) is 4.10. The van der Waals surface area contributed by atoms with E-state index in [-0.39, 0.29) is 11.9 Å². The van der Waals surface area contributed by atoms with E-state index >= 15 is 0 Å². The Bertz CT molecular complexity index is 491. The van der Waals surface area contributed by atoms with Gasteiger partial charge in [0.25, 0.3) is 5.91 Å². The van der Waals surface area contributed by atoms with Crippen LogP contribution >= 0.6 is 11.3 Å². The van der Waals surface area contributed by atoms with Crippen molar-refractivity contribution in [3.63, 3.8) is 0 Å². The summed E-state index contributed by atoms with van der Waals surface area (Å²) in [6, 6.07) is 0.215. The summed E-state index contributed by atoms with van der Waals surface area (Å²) in [4.78, 5) is 19.4. The van der Waals surface area contributed by atoms with Crippen molar-refractivity contribution in [2.24, 2.45) is 5.92 Å². The highest BCUT2D eigenvalue weighted by Crippen LogP contribution is 2.34. The second-order valence-corrected chi connectivity index (χ2v) is 6.94. The molecule has 2 fully saturated rings. The van der Waals surface area contributed by atoms with E-state index in [9.17, 15) is 4.79 Å². The van der Waals surface area contributed by atoms with E-state index < -0.39 is 0 Å². The number of rotatable bonds is 5. The number of hydrogen-bond donors (Lipinski definition) is 2. The van der Waals surface area contributed by atoms with Crippen LogP contribution in [0.1, 0.15) is 48.7 Å². The fourth-order valence-electron chi connectivity index (χ4n) is 2.73. The number of carbonyl (C=O) groups is 1. The molecule has 5 nitrogen and oxygen atoms in total. The smallest absolute Gasteiger partial charge is 0.265 e. The predicted octanol–water partition coefficient (Wildman–Crippen LogP) is 2.24. The largest absolute Gasteiger partial charge is 0.382 e. The van der Waals surface area contributed by atoms with E-state index in [1.807, 2.05) is 0 Å². The van der Waals surface area contributed by atoms with E-state index in [0.717, 1.165) is 30.6 Å². The second-order valence-electron chi connectivity index (χ2n) is 5.96. The van der Waals surface area contributed by atoms with Crippen LogP contribution in [0.5, 0.6) is 0 Å². The van der Waals surface area contributed by atoms with Crippen molar-refractivity contribution in [1.82, 2.24) is 10.3 Å². The Labute approximate surface area is 123 Å². The molecule has 1 saturated carbocycles. The van der Waals surface area contributed by atoms with E-state index in [4.69, 9.17) is 5.73 Å². The molecule has 1 saturated heterocycles. The summed E-state index contributed by atoms with van der Waals surface area (Å²) in [6.07, 6.45) is 6.08. The van der Waals surface area contributed by atoms with Crippen molar-refractivity contribution in [3.05, 3.63) is 4.88 Å².